The lowest BCUT2D eigenvalue weighted by Gasteiger charge is -2.36. The molecule has 1 N–H and O–H groups in total. The number of imidazole rings is 1. The largest absolute Gasteiger partial charge is 0.434 e. The van der Waals surface area contributed by atoms with E-state index in [-0.39, 0.29) is 24.5 Å². The Kier molecular flexibility index (Phi) is 5.69. The van der Waals surface area contributed by atoms with Crippen LogP contribution in [0, 0.1) is 5.82 Å². The quantitative estimate of drug-likeness (QED) is 0.542. The second-order valence-corrected chi connectivity index (χ2v) is 8.34. The van der Waals surface area contributed by atoms with Gasteiger partial charge in [0, 0.05) is 6.54 Å². The molecule has 1 aliphatic rings. The number of nitrogens with zero attached hydrogens (tertiary/aromatic N) is 5. The maximum atomic E-state index is 13.9. The van der Waals surface area contributed by atoms with Crippen LogP contribution in [0.25, 0.3) is 5.69 Å². The van der Waals surface area contributed by atoms with E-state index < -0.39 is 52.8 Å². The van der Waals surface area contributed by atoms with E-state index in [0.29, 0.717) is 11.6 Å². The van der Waals surface area contributed by atoms with E-state index in [1.807, 2.05) is 0 Å². The molecular formula is C21H18F7N5O2. The number of halogens is 7. The number of amides is 1. The van der Waals surface area contributed by atoms with Gasteiger partial charge in [0.25, 0.3) is 5.91 Å². The van der Waals surface area contributed by atoms with Crippen LogP contribution in [0.15, 0.2) is 36.7 Å². The van der Waals surface area contributed by atoms with E-state index in [9.17, 15) is 40.6 Å². The van der Waals surface area contributed by atoms with E-state index in [1.54, 1.807) is 0 Å². The molecule has 3 aromatic rings. The van der Waals surface area contributed by atoms with Crippen molar-refractivity contribution in [2.45, 2.75) is 44.4 Å². The lowest BCUT2D eigenvalue weighted by atomic mass is 10.0. The Morgan fingerprint density at radius 3 is 2.29 bits per heavy atom. The van der Waals surface area contributed by atoms with Crippen molar-refractivity contribution >= 4 is 5.91 Å². The Morgan fingerprint density at radius 2 is 1.71 bits per heavy atom. The first-order valence-corrected chi connectivity index (χ1v) is 10.2. The molecule has 0 unspecified atom stereocenters. The molecule has 0 bridgehead atoms. The van der Waals surface area contributed by atoms with Gasteiger partial charge in [0.1, 0.15) is 5.82 Å². The molecule has 188 valence electrons. The first-order valence-electron chi connectivity index (χ1n) is 10.2. The second kappa shape index (κ2) is 8.07. The van der Waals surface area contributed by atoms with E-state index >= 15 is 0 Å². The van der Waals surface area contributed by atoms with Gasteiger partial charge in [-0.3, -0.25) is 4.79 Å². The highest BCUT2D eigenvalue weighted by Crippen LogP contribution is 2.40. The Hall–Kier alpha value is -3.42. The molecule has 1 amide bonds. The van der Waals surface area contributed by atoms with E-state index in [0.717, 1.165) is 46.1 Å². The van der Waals surface area contributed by atoms with Crippen LogP contribution in [0.5, 0.6) is 0 Å². The SMILES string of the molecule is C[C@H]1CN(C(=O)c2cnn(-c3ccc(F)cc3)c2C(F)(F)F)Cc2cnc([C@@](C)(O)C(F)(F)F)n21. The number of benzene rings is 1. The summed E-state index contributed by atoms with van der Waals surface area (Å²) < 4.78 is 96.7. The van der Waals surface area contributed by atoms with Crippen LogP contribution in [0.2, 0.25) is 0 Å². The molecular weight excluding hydrogens is 487 g/mol. The smallest absolute Gasteiger partial charge is 0.374 e. The molecule has 0 aliphatic carbocycles. The fourth-order valence-corrected chi connectivity index (χ4v) is 4.03. The Morgan fingerprint density at radius 1 is 1.09 bits per heavy atom. The third-order valence-corrected chi connectivity index (χ3v) is 5.77. The van der Waals surface area contributed by atoms with Crippen molar-refractivity contribution in [3.8, 4) is 5.69 Å². The molecule has 1 aliphatic heterocycles. The highest BCUT2D eigenvalue weighted by atomic mass is 19.4. The normalized spacial score (nSPS) is 18.3. The topological polar surface area (TPSA) is 76.2 Å². The monoisotopic (exact) mass is 505 g/mol. The number of carbonyl (C=O) groups is 1. The molecule has 14 heteroatoms. The number of carbonyl (C=O) groups excluding carboxylic acids is 1. The summed E-state index contributed by atoms with van der Waals surface area (Å²) in [6.45, 7) is 1.41. The number of alkyl halides is 6. The number of hydrogen-bond donors (Lipinski definition) is 1. The van der Waals surface area contributed by atoms with Crippen molar-refractivity contribution in [3.63, 3.8) is 0 Å². The average Bonchev–Trinajstić information content (AvgIpc) is 3.38. The number of rotatable bonds is 3. The minimum absolute atomic E-state index is 0.108. The molecule has 35 heavy (non-hydrogen) atoms. The second-order valence-electron chi connectivity index (χ2n) is 8.34. The lowest BCUT2D eigenvalue weighted by molar-refractivity contribution is -0.263. The van der Waals surface area contributed by atoms with Gasteiger partial charge in [-0.25, -0.2) is 14.1 Å². The molecule has 2 aromatic heterocycles. The van der Waals surface area contributed by atoms with E-state index in [1.165, 1.54) is 6.92 Å². The van der Waals surface area contributed by atoms with Gasteiger partial charge in [0.15, 0.2) is 11.5 Å². The predicted octanol–water partition coefficient (Wildman–Crippen LogP) is 4.21. The zero-order chi connectivity index (χ0) is 25.9. The number of aromatic nitrogens is 4. The molecule has 2 atom stereocenters. The van der Waals surface area contributed by atoms with Crippen LogP contribution in [-0.2, 0) is 18.3 Å². The van der Waals surface area contributed by atoms with Gasteiger partial charge < -0.3 is 14.6 Å². The van der Waals surface area contributed by atoms with Crippen LogP contribution in [-0.4, -0.2) is 48.0 Å². The van der Waals surface area contributed by atoms with Gasteiger partial charge in [0.05, 0.1) is 41.9 Å². The van der Waals surface area contributed by atoms with Crippen molar-refractivity contribution in [1.29, 1.82) is 0 Å². The molecule has 0 saturated carbocycles. The summed E-state index contributed by atoms with van der Waals surface area (Å²) in [5, 5.41) is 13.7. The summed E-state index contributed by atoms with van der Waals surface area (Å²) in [7, 11) is 0. The van der Waals surface area contributed by atoms with Crippen molar-refractivity contribution < 1.29 is 40.6 Å². The van der Waals surface area contributed by atoms with Crippen LogP contribution < -0.4 is 0 Å². The highest BCUT2D eigenvalue weighted by molar-refractivity contribution is 5.95. The molecule has 4 rings (SSSR count). The molecule has 7 nitrogen and oxygen atoms in total. The molecule has 0 saturated heterocycles. The summed E-state index contributed by atoms with van der Waals surface area (Å²) in [6, 6.07) is 3.19. The van der Waals surface area contributed by atoms with Gasteiger partial charge >= 0.3 is 12.4 Å². The number of fused-ring (bicyclic) bond motifs is 1. The minimum Gasteiger partial charge on any atom is -0.374 e. The lowest BCUT2D eigenvalue weighted by Crippen LogP contribution is -2.45. The Bertz CT molecular complexity index is 1260. The molecule has 1 aromatic carbocycles. The third-order valence-electron chi connectivity index (χ3n) is 5.77. The highest BCUT2D eigenvalue weighted by Gasteiger charge is 2.55. The molecule has 3 heterocycles. The number of hydrogen-bond acceptors (Lipinski definition) is 4. The zero-order valence-corrected chi connectivity index (χ0v) is 18.2. The van der Waals surface area contributed by atoms with Gasteiger partial charge in [0.2, 0.25) is 5.60 Å². The zero-order valence-electron chi connectivity index (χ0n) is 18.2. The maximum absolute atomic E-state index is 13.9. The Balaban J connectivity index is 1.70. The van der Waals surface area contributed by atoms with Gasteiger partial charge in [-0.2, -0.15) is 31.4 Å². The van der Waals surface area contributed by atoms with Crippen LogP contribution >= 0.6 is 0 Å². The maximum Gasteiger partial charge on any atom is 0.434 e. The van der Waals surface area contributed by atoms with E-state index in [4.69, 9.17) is 0 Å². The summed E-state index contributed by atoms with van der Waals surface area (Å²) >= 11 is 0. The van der Waals surface area contributed by atoms with Gasteiger partial charge in [-0.05, 0) is 38.1 Å². The van der Waals surface area contributed by atoms with Crippen molar-refractivity contribution in [2.24, 2.45) is 0 Å². The minimum atomic E-state index is -5.03. The summed E-state index contributed by atoms with van der Waals surface area (Å²) in [4.78, 5) is 17.9. The number of aliphatic hydroxyl groups is 1. The fourth-order valence-electron chi connectivity index (χ4n) is 4.03. The summed E-state index contributed by atoms with van der Waals surface area (Å²) in [5.41, 5.74) is -5.44. The van der Waals surface area contributed by atoms with Gasteiger partial charge in [-0.1, -0.05) is 0 Å². The summed E-state index contributed by atoms with van der Waals surface area (Å²) in [5.74, 6) is -2.40. The third kappa shape index (κ3) is 4.15. The fraction of sp³-hybridized carbons (Fsp3) is 0.381. The van der Waals surface area contributed by atoms with Crippen molar-refractivity contribution in [1.82, 2.24) is 24.2 Å². The predicted molar refractivity (Wildman–Crippen MR) is 106 cm³/mol. The Labute approximate surface area is 193 Å². The van der Waals surface area contributed by atoms with Crippen molar-refractivity contribution in [2.75, 3.05) is 6.54 Å². The average molecular weight is 505 g/mol. The van der Waals surface area contributed by atoms with Crippen LogP contribution in [0.3, 0.4) is 0 Å². The standard InChI is InChI=1S/C21H18F7N5O2/c1-11-9-31(10-14-7-29-18(32(11)14)19(2,35)21(26,27)28)17(34)15-8-30-33(16(15)20(23,24)25)13-5-3-12(22)4-6-13/h3-8,11,35H,9-10H2,1-2H3/t11-,19+/m0/s1. The first kappa shape index (κ1) is 24.7. The van der Waals surface area contributed by atoms with Gasteiger partial charge in [-0.15, -0.1) is 0 Å². The summed E-state index contributed by atoms with van der Waals surface area (Å²) in [6.07, 6.45) is -8.25. The molecule has 0 fully saturated rings. The first-order chi connectivity index (χ1) is 16.1. The molecule has 0 radical (unpaired) electrons. The van der Waals surface area contributed by atoms with Crippen molar-refractivity contribution in [3.05, 3.63) is 65.3 Å². The van der Waals surface area contributed by atoms with E-state index in [2.05, 4.69) is 10.1 Å². The molecule has 0 spiro atoms. The van der Waals surface area contributed by atoms with Crippen LogP contribution in [0.1, 0.15) is 47.5 Å². The van der Waals surface area contributed by atoms with Crippen LogP contribution in [0.4, 0.5) is 30.7 Å².